The SMILES string of the molecule is COc1cc(/C=C(\C#N)C(=O)Nc2c(C)cc(C)cc2C)ccc1OCc1ccc(Cl)cc1. The van der Waals surface area contributed by atoms with Gasteiger partial charge in [0.1, 0.15) is 18.2 Å². The van der Waals surface area contributed by atoms with Crippen molar-refractivity contribution in [3.63, 3.8) is 0 Å². The minimum Gasteiger partial charge on any atom is -0.493 e. The maximum absolute atomic E-state index is 12.8. The number of methoxy groups -OCH3 is 1. The topological polar surface area (TPSA) is 71.3 Å². The number of rotatable bonds is 7. The highest BCUT2D eigenvalue weighted by Gasteiger charge is 2.14. The summed E-state index contributed by atoms with van der Waals surface area (Å²) < 4.78 is 11.3. The first-order chi connectivity index (χ1) is 15.8. The highest BCUT2D eigenvalue weighted by Crippen LogP contribution is 2.30. The molecule has 3 rings (SSSR count). The summed E-state index contributed by atoms with van der Waals surface area (Å²) in [7, 11) is 1.54. The number of aryl methyl sites for hydroxylation is 3. The summed E-state index contributed by atoms with van der Waals surface area (Å²) in [4.78, 5) is 12.8. The average Bonchev–Trinajstić information content (AvgIpc) is 2.79. The van der Waals surface area contributed by atoms with Crippen LogP contribution < -0.4 is 14.8 Å². The lowest BCUT2D eigenvalue weighted by Crippen LogP contribution is -2.15. The van der Waals surface area contributed by atoms with Crippen LogP contribution in [0.15, 0.2) is 60.2 Å². The van der Waals surface area contributed by atoms with E-state index in [1.54, 1.807) is 37.4 Å². The fourth-order valence-electron chi connectivity index (χ4n) is 3.51. The Labute approximate surface area is 199 Å². The van der Waals surface area contributed by atoms with E-state index in [2.05, 4.69) is 5.32 Å². The first-order valence-electron chi connectivity index (χ1n) is 10.4. The third-order valence-corrected chi connectivity index (χ3v) is 5.34. The summed E-state index contributed by atoms with van der Waals surface area (Å²) in [5.41, 5.74) is 5.33. The van der Waals surface area contributed by atoms with Crippen LogP contribution in [0.1, 0.15) is 27.8 Å². The molecule has 3 aromatic rings. The monoisotopic (exact) mass is 460 g/mol. The lowest BCUT2D eigenvalue weighted by molar-refractivity contribution is -0.112. The van der Waals surface area contributed by atoms with Gasteiger partial charge in [-0.3, -0.25) is 4.79 Å². The van der Waals surface area contributed by atoms with Crippen LogP contribution in [0, 0.1) is 32.1 Å². The number of carbonyl (C=O) groups excluding carboxylic acids is 1. The Hall–Kier alpha value is -3.75. The number of halogens is 1. The molecule has 3 aromatic carbocycles. The van der Waals surface area contributed by atoms with Gasteiger partial charge < -0.3 is 14.8 Å². The molecule has 6 heteroatoms. The number of ether oxygens (including phenoxy) is 2. The predicted octanol–water partition coefficient (Wildman–Crippen LogP) is 6.40. The van der Waals surface area contributed by atoms with E-state index in [0.717, 1.165) is 27.9 Å². The van der Waals surface area contributed by atoms with E-state index in [9.17, 15) is 10.1 Å². The van der Waals surface area contributed by atoms with E-state index in [4.69, 9.17) is 21.1 Å². The Morgan fingerprint density at radius 1 is 1.03 bits per heavy atom. The molecule has 0 aliphatic carbocycles. The van der Waals surface area contributed by atoms with Crippen LogP contribution in [-0.2, 0) is 11.4 Å². The van der Waals surface area contributed by atoms with E-state index < -0.39 is 5.91 Å². The van der Waals surface area contributed by atoms with Gasteiger partial charge in [-0.15, -0.1) is 0 Å². The van der Waals surface area contributed by atoms with Gasteiger partial charge in [-0.1, -0.05) is 47.5 Å². The number of hydrogen-bond donors (Lipinski definition) is 1. The third-order valence-electron chi connectivity index (χ3n) is 5.09. The lowest BCUT2D eigenvalue weighted by Gasteiger charge is -2.13. The Balaban J connectivity index is 1.78. The molecule has 0 heterocycles. The van der Waals surface area contributed by atoms with E-state index in [1.165, 1.54) is 6.08 Å². The fraction of sp³-hybridized carbons (Fsp3) is 0.185. The zero-order chi connectivity index (χ0) is 24.0. The first kappa shape index (κ1) is 23.9. The van der Waals surface area contributed by atoms with Crippen molar-refractivity contribution < 1.29 is 14.3 Å². The van der Waals surface area contributed by atoms with Gasteiger partial charge in [0.05, 0.1) is 7.11 Å². The summed E-state index contributed by atoms with van der Waals surface area (Å²) in [5.74, 6) is 0.591. The maximum atomic E-state index is 12.8. The van der Waals surface area contributed by atoms with E-state index in [-0.39, 0.29) is 5.57 Å². The molecular formula is C27H25ClN2O3. The molecule has 0 spiro atoms. The van der Waals surface area contributed by atoms with Crippen molar-refractivity contribution in [2.45, 2.75) is 27.4 Å². The fourth-order valence-corrected chi connectivity index (χ4v) is 3.63. The molecule has 5 nitrogen and oxygen atoms in total. The van der Waals surface area contributed by atoms with Crippen molar-refractivity contribution in [2.24, 2.45) is 0 Å². The van der Waals surface area contributed by atoms with E-state index in [0.29, 0.717) is 28.7 Å². The van der Waals surface area contributed by atoms with E-state index >= 15 is 0 Å². The number of anilines is 1. The number of nitrogens with one attached hydrogen (secondary N) is 1. The first-order valence-corrected chi connectivity index (χ1v) is 10.7. The number of nitrogens with zero attached hydrogens (tertiary/aromatic N) is 1. The molecule has 0 fully saturated rings. The van der Waals surface area contributed by atoms with Gasteiger partial charge in [0, 0.05) is 10.7 Å². The van der Waals surface area contributed by atoms with Crippen molar-refractivity contribution in [3.8, 4) is 17.6 Å². The molecule has 0 aromatic heterocycles. The Bertz CT molecular complexity index is 1220. The van der Waals surface area contributed by atoms with Gasteiger partial charge in [0.15, 0.2) is 11.5 Å². The van der Waals surface area contributed by atoms with Crippen molar-refractivity contribution in [1.82, 2.24) is 0 Å². The average molecular weight is 461 g/mol. The number of nitriles is 1. The molecule has 0 unspecified atom stereocenters. The molecule has 0 aliphatic rings. The highest BCUT2D eigenvalue weighted by atomic mass is 35.5. The predicted molar refractivity (Wildman–Crippen MR) is 132 cm³/mol. The largest absolute Gasteiger partial charge is 0.493 e. The number of carbonyl (C=O) groups is 1. The van der Waals surface area contributed by atoms with Crippen LogP contribution in [0.3, 0.4) is 0 Å². The van der Waals surface area contributed by atoms with Gasteiger partial charge in [-0.2, -0.15) is 5.26 Å². The molecule has 1 amide bonds. The molecule has 1 N–H and O–H groups in total. The molecule has 0 atom stereocenters. The third kappa shape index (κ3) is 6.15. The minimum absolute atomic E-state index is 0.00809. The molecule has 0 aliphatic heterocycles. The van der Waals surface area contributed by atoms with Gasteiger partial charge in [-0.05, 0) is 73.4 Å². The smallest absolute Gasteiger partial charge is 0.266 e. The van der Waals surface area contributed by atoms with Crippen LogP contribution >= 0.6 is 11.6 Å². The Kier molecular flexibility index (Phi) is 7.76. The summed E-state index contributed by atoms with van der Waals surface area (Å²) in [6.45, 7) is 6.21. The van der Waals surface area contributed by atoms with Crippen LogP contribution in [0.5, 0.6) is 11.5 Å². The molecule has 168 valence electrons. The van der Waals surface area contributed by atoms with Gasteiger partial charge in [0.2, 0.25) is 0 Å². The number of amides is 1. The normalized spacial score (nSPS) is 11.0. The summed E-state index contributed by atoms with van der Waals surface area (Å²) in [5, 5.41) is 13.1. The molecule has 0 saturated carbocycles. The molecule has 0 radical (unpaired) electrons. The van der Waals surface area contributed by atoms with Crippen molar-refractivity contribution in [1.29, 1.82) is 5.26 Å². The molecule has 33 heavy (non-hydrogen) atoms. The van der Waals surface area contributed by atoms with Crippen LogP contribution in [0.4, 0.5) is 5.69 Å². The number of benzene rings is 3. The standard InChI is InChI=1S/C27H25ClN2O3/c1-17-11-18(2)26(19(3)12-17)30-27(31)22(15-29)13-21-7-10-24(25(14-21)32-4)33-16-20-5-8-23(28)9-6-20/h5-14H,16H2,1-4H3,(H,30,31)/b22-13+. The second-order valence-electron chi connectivity index (χ2n) is 7.72. The van der Waals surface area contributed by atoms with Crippen molar-refractivity contribution in [3.05, 3.63) is 93.0 Å². The van der Waals surface area contributed by atoms with Gasteiger partial charge in [0.25, 0.3) is 5.91 Å². The quantitative estimate of drug-likeness (QED) is 0.327. The highest BCUT2D eigenvalue weighted by molar-refractivity contribution is 6.30. The maximum Gasteiger partial charge on any atom is 0.266 e. The van der Waals surface area contributed by atoms with E-state index in [1.807, 2.05) is 51.1 Å². The van der Waals surface area contributed by atoms with Crippen LogP contribution in [-0.4, -0.2) is 13.0 Å². The zero-order valence-electron chi connectivity index (χ0n) is 19.0. The lowest BCUT2D eigenvalue weighted by atomic mass is 10.0. The van der Waals surface area contributed by atoms with Crippen LogP contribution in [0.25, 0.3) is 6.08 Å². The van der Waals surface area contributed by atoms with Crippen molar-refractivity contribution >= 4 is 29.3 Å². The summed E-state index contributed by atoms with van der Waals surface area (Å²) in [6.07, 6.45) is 1.53. The van der Waals surface area contributed by atoms with Crippen molar-refractivity contribution in [2.75, 3.05) is 12.4 Å². The van der Waals surface area contributed by atoms with Gasteiger partial charge >= 0.3 is 0 Å². The Morgan fingerprint density at radius 2 is 1.70 bits per heavy atom. The molecule has 0 bridgehead atoms. The molecular weight excluding hydrogens is 436 g/mol. The number of hydrogen-bond acceptors (Lipinski definition) is 4. The van der Waals surface area contributed by atoms with Gasteiger partial charge in [-0.25, -0.2) is 0 Å². The minimum atomic E-state index is -0.463. The van der Waals surface area contributed by atoms with Crippen LogP contribution in [0.2, 0.25) is 5.02 Å². The second kappa shape index (κ2) is 10.7. The summed E-state index contributed by atoms with van der Waals surface area (Å²) >= 11 is 5.92. The molecule has 0 saturated heterocycles. The Morgan fingerprint density at radius 3 is 2.30 bits per heavy atom. The summed E-state index contributed by atoms with van der Waals surface area (Å²) in [6, 6.07) is 18.6. The zero-order valence-corrected chi connectivity index (χ0v) is 19.8. The second-order valence-corrected chi connectivity index (χ2v) is 8.16.